The van der Waals surface area contributed by atoms with Gasteiger partial charge in [0.2, 0.25) is 6.29 Å². The average Bonchev–Trinajstić information content (AvgIpc) is 3.05. The molecule has 5 aromatic rings. The Morgan fingerprint density at radius 1 is 0.851 bits per heavy atom. The zero-order valence-corrected chi connectivity index (χ0v) is 25.4. The number of hydrogen-bond donors (Lipinski definition) is 4. The van der Waals surface area contributed by atoms with Crippen LogP contribution < -0.4 is 16.0 Å². The summed E-state index contributed by atoms with van der Waals surface area (Å²) in [5, 5.41) is 44.1. The molecule has 2 aliphatic rings. The van der Waals surface area contributed by atoms with Crippen molar-refractivity contribution in [3.8, 4) is 11.5 Å². The average molecular weight is 653 g/mol. The van der Waals surface area contributed by atoms with E-state index in [1.54, 1.807) is 13.0 Å². The molecular weight excluding hydrogens is 620 g/mol. The van der Waals surface area contributed by atoms with Crippen LogP contribution in [0, 0.1) is 0 Å². The molecule has 2 aliphatic heterocycles. The maximum absolute atomic E-state index is 13.5. The van der Waals surface area contributed by atoms with Gasteiger partial charge < -0.3 is 48.2 Å². The Bertz CT molecular complexity index is 2100. The number of hydrogen-bond acceptors (Lipinski definition) is 14. The summed E-state index contributed by atoms with van der Waals surface area (Å²) in [5.74, 6) is -0.422. The second-order valence-electron chi connectivity index (χ2n) is 11.7. The summed E-state index contributed by atoms with van der Waals surface area (Å²) >= 11 is 0. The second-order valence-corrected chi connectivity index (χ2v) is 11.7. The fourth-order valence-electron chi connectivity index (χ4n) is 6.47. The van der Waals surface area contributed by atoms with Gasteiger partial charge in [-0.05, 0) is 31.5 Å². The summed E-state index contributed by atoms with van der Waals surface area (Å²) in [7, 11) is 1.39. The van der Waals surface area contributed by atoms with Crippen LogP contribution in [0.25, 0.3) is 49.6 Å². The van der Waals surface area contributed by atoms with Crippen molar-refractivity contribution in [1.29, 1.82) is 0 Å². The van der Waals surface area contributed by atoms with E-state index in [-0.39, 0.29) is 55.8 Å². The molecule has 7 rings (SSSR count). The molecule has 2 fully saturated rings. The smallest absolute Gasteiger partial charge is 0.348 e. The van der Waals surface area contributed by atoms with Gasteiger partial charge in [-0.2, -0.15) is 0 Å². The van der Waals surface area contributed by atoms with Gasteiger partial charge in [-0.3, -0.25) is 0 Å². The standard InChI is InChI=1S/C33H32O14/c1-5-14-9-10-17-21-19(14)31(38)45-29-20-15(26(36)23(22(21)29)32(39)43-17)7-6-8-16(20)44-33-30(27(37)24(34)13(3)42-33)47-46-18-11-41-12(2)25(35)28(18)40-4/h5-10,12-13,18,24-25,27-28,30,33-37H,1,11H2,2-4H3/t12?,13?,18?,24-,25-,27?,28?,30?,33-/m0/s1. The summed E-state index contributed by atoms with van der Waals surface area (Å²) in [5.41, 5.74) is -1.12. The first-order chi connectivity index (χ1) is 22.5. The highest BCUT2D eigenvalue weighted by Gasteiger charge is 2.48. The zero-order chi connectivity index (χ0) is 33.3. The SMILES string of the molecule is C=Cc1ccc2oc(=O)c3c(O)c4cccc(O[C@@H]5OC(C)[C@H](O)C(O)C5OOC5COC(C)[C@H](O)C5OC)c4c4oc(=O)c1c2c34. The zero-order valence-electron chi connectivity index (χ0n) is 25.4. The Hall–Kier alpha value is -4.12. The van der Waals surface area contributed by atoms with E-state index in [1.165, 1.54) is 44.4 Å². The number of methoxy groups -OCH3 is 1. The number of fused-ring (bicyclic) bond motifs is 2. The predicted molar refractivity (Wildman–Crippen MR) is 165 cm³/mol. The molecule has 0 spiro atoms. The van der Waals surface area contributed by atoms with Crippen LogP contribution in [0.3, 0.4) is 0 Å². The number of rotatable bonds is 7. The van der Waals surface area contributed by atoms with Gasteiger partial charge in [-0.1, -0.05) is 30.9 Å². The predicted octanol–water partition coefficient (Wildman–Crippen LogP) is 2.32. The number of aliphatic hydroxyl groups is 3. The van der Waals surface area contributed by atoms with Gasteiger partial charge in [-0.25, -0.2) is 19.4 Å². The van der Waals surface area contributed by atoms with Crippen molar-refractivity contribution < 1.29 is 58.0 Å². The molecule has 6 unspecified atom stereocenters. The third-order valence-electron chi connectivity index (χ3n) is 8.99. The first-order valence-electron chi connectivity index (χ1n) is 14.9. The molecular formula is C33H32O14. The molecule has 0 aliphatic carbocycles. The van der Waals surface area contributed by atoms with Gasteiger partial charge in [0, 0.05) is 23.3 Å². The van der Waals surface area contributed by atoms with Crippen LogP contribution in [0.5, 0.6) is 11.5 Å². The van der Waals surface area contributed by atoms with Gasteiger partial charge in [0.1, 0.15) is 53.0 Å². The molecule has 14 heteroatoms. The van der Waals surface area contributed by atoms with Crippen LogP contribution in [0.15, 0.2) is 55.3 Å². The van der Waals surface area contributed by atoms with Crippen LogP contribution in [-0.4, -0.2) is 89.3 Å². The monoisotopic (exact) mass is 652 g/mol. The highest BCUT2D eigenvalue weighted by Crippen LogP contribution is 2.45. The van der Waals surface area contributed by atoms with Gasteiger partial charge in [-0.15, -0.1) is 0 Å². The number of aliphatic hydroxyl groups excluding tert-OH is 3. The molecule has 2 aromatic heterocycles. The molecule has 14 nitrogen and oxygen atoms in total. The van der Waals surface area contributed by atoms with Gasteiger partial charge >= 0.3 is 11.3 Å². The maximum atomic E-state index is 13.5. The molecule has 3 aromatic carbocycles. The number of benzene rings is 3. The van der Waals surface area contributed by atoms with Crippen molar-refractivity contribution in [2.24, 2.45) is 0 Å². The molecule has 0 bridgehead atoms. The molecule has 0 amide bonds. The highest BCUT2D eigenvalue weighted by molar-refractivity contribution is 6.29. The van der Waals surface area contributed by atoms with Crippen LogP contribution in [0.4, 0.5) is 0 Å². The molecule has 9 atom stereocenters. The van der Waals surface area contributed by atoms with E-state index < -0.39 is 72.1 Å². The third-order valence-corrected chi connectivity index (χ3v) is 8.99. The van der Waals surface area contributed by atoms with Crippen LogP contribution in [-0.2, 0) is 24.0 Å². The van der Waals surface area contributed by atoms with Gasteiger partial charge in [0.15, 0.2) is 11.7 Å². The lowest BCUT2D eigenvalue weighted by atomic mass is 9.95. The Balaban J connectivity index is 1.35. The largest absolute Gasteiger partial charge is 0.506 e. The van der Waals surface area contributed by atoms with E-state index in [0.29, 0.717) is 5.56 Å². The van der Waals surface area contributed by atoms with Crippen molar-refractivity contribution in [2.45, 2.75) is 69.0 Å². The minimum absolute atomic E-state index is 0.00715. The van der Waals surface area contributed by atoms with Gasteiger partial charge in [0.25, 0.3) is 0 Å². The molecule has 4 N–H and O–H groups in total. The minimum atomic E-state index is -1.58. The second kappa shape index (κ2) is 11.8. The number of phenols is 1. The Kier molecular flexibility index (Phi) is 7.93. The Labute approximate surface area is 265 Å². The molecule has 47 heavy (non-hydrogen) atoms. The molecule has 0 saturated carbocycles. The summed E-state index contributed by atoms with van der Waals surface area (Å²) in [6.45, 7) is 6.95. The lowest BCUT2D eigenvalue weighted by Crippen LogP contribution is -2.60. The highest BCUT2D eigenvalue weighted by atomic mass is 17.2. The maximum Gasteiger partial charge on any atom is 0.348 e. The van der Waals surface area contributed by atoms with Gasteiger partial charge in [0.05, 0.1) is 29.6 Å². The van der Waals surface area contributed by atoms with E-state index in [2.05, 4.69) is 6.58 Å². The number of phenolic OH excluding ortho intramolecular Hbond substituents is 1. The van der Waals surface area contributed by atoms with Crippen LogP contribution in [0.2, 0.25) is 0 Å². The summed E-state index contributed by atoms with van der Waals surface area (Å²) in [4.78, 5) is 37.8. The van der Waals surface area contributed by atoms with Crippen molar-refractivity contribution in [3.05, 3.63) is 63.3 Å². The number of ether oxygens (including phenoxy) is 4. The molecule has 4 heterocycles. The fraction of sp³-hybridized carbons (Fsp3) is 0.394. The third kappa shape index (κ3) is 4.88. The normalized spacial score (nSPS) is 30.0. The lowest BCUT2D eigenvalue weighted by Gasteiger charge is -2.42. The quantitative estimate of drug-likeness (QED) is 0.0657. The van der Waals surface area contributed by atoms with Crippen molar-refractivity contribution in [1.82, 2.24) is 0 Å². The topological polar surface area (TPSA) is 197 Å². The first kappa shape index (κ1) is 31.5. The Morgan fingerprint density at radius 2 is 1.62 bits per heavy atom. The number of aromatic hydroxyl groups is 1. The summed E-state index contributed by atoms with van der Waals surface area (Å²) < 4.78 is 34.5. The van der Waals surface area contributed by atoms with Crippen molar-refractivity contribution in [3.63, 3.8) is 0 Å². The minimum Gasteiger partial charge on any atom is -0.506 e. The van der Waals surface area contributed by atoms with E-state index in [1.807, 2.05) is 0 Å². The lowest BCUT2D eigenvalue weighted by molar-refractivity contribution is -0.429. The van der Waals surface area contributed by atoms with Crippen molar-refractivity contribution in [2.75, 3.05) is 13.7 Å². The van der Waals surface area contributed by atoms with E-state index in [0.717, 1.165) is 0 Å². The molecule has 0 radical (unpaired) electrons. The van der Waals surface area contributed by atoms with E-state index >= 15 is 0 Å². The van der Waals surface area contributed by atoms with Crippen molar-refractivity contribution >= 4 is 49.6 Å². The first-order valence-corrected chi connectivity index (χ1v) is 14.9. The molecule has 2 saturated heterocycles. The fourth-order valence-corrected chi connectivity index (χ4v) is 6.47. The molecule has 248 valence electrons. The van der Waals surface area contributed by atoms with Crippen LogP contribution >= 0.6 is 0 Å². The summed E-state index contributed by atoms with van der Waals surface area (Å²) in [6, 6.07) is 7.63. The summed E-state index contributed by atoms with van der Waals surface area (Å²) in [6.07, 6.45) is -8.67. The van der Waals surface area contributed by atoms with Crippen LogP contribution in [0.1, 0.15) is 19.4 Å². The van der Waals surface area contributed by atoms with E-state index in [4.69, 9.17) is 37.6 Å². The van der Waals surface area contributed by atoms with E-state index in [9.17, 15) is 30.0 Å². The Morgan fingerprint density at radius 3 is 2.36 bits per heavy atom.